The number of nitrogens with zero attached hydrogens (tertiary/aromatic N) is 1. The van der Waals surface area contributed by atoms with E-state index in [-0.39, 0.29) is 0 Å². The highest BCUT2D eigenvalue weighted by atomic mass is 79.9. The fourth-order valence-corrected chi connectivity index (χ4v) is 2.40. The molecular weight excluding hydrogens is 296 g/mol. The van der Waals surface area contributed by atoms with E-state index in [1.165, 1.54) is 0 Å². The van der Waals surface area contributed by atoms with Crippen molar-refractivity contribution in [3.63, 3.8) is 0 Å². The molecule has 0 unspecified atom stereocenters. The summed E-state index contributed by atoms with van der Waals surface area (Å²) < 4.78 is 1.01. The van der Waals surface area contributed by atoms with Crippen molar-refractivity contribution in [2.75, 3.05) is 18.0 Å². The van der Waals surface area contributed by atoms with Gasteiger partial charge in [-0.2, -0.15) is 0 Å². The summed E-state index contributed by atoms with van der Waals surface area (Å²) in [5.41, 5.74) is 7.90. The molecule has 2 N–H and O–H groups in total. The number of anilines is 1. The average Bonchev–Trinajstić information content (AvgIpc) is 2.28. The topological polar surface area (TPSA) is 29.3 Å². The van der Waals surface area contributed by atoms with Crippen LogP contribution in [0.5, 0.6) is 0 Å². The molecule has 1 aromatic rings. The molecule has 0 aliphatic carbocycles. The molecule has 0 saturated heterocycles. The first kappa shape index (κ1) is 14.5. The zero-order chi connectivity index (χ0) is 12.8. The summed E-state index contributed by atoms with van der Waals surface area (Å²) in [6.45, 7) is 6.43. The number of hydrogen-bond donors (Lipinski definition) is 1. The van der Waals surface area contributed by atoms with Gasteiger partial charge in [-0.3, -0.25) is 0 Å². The van der Waals surface area contributed by atoms with Crippen molar-refractivity contribution in [3.05, 3.63) is 28.2 Å². The van der Waals surface area contributed by atoms with Gasteiger partial charge in [0.25, 0.3) is 0 Å². The summed E-state index contributed by atoms with van der Waals surface area (Å²) in [4.78, 5) is 2.81. The fraction of sp³-hybridized carbons (Fsp3) is 0.462. The smallest absolute Gasteiger partial charge is 0.106 e. The Morgan fingerprint density at radius 2 is 1.88 bits per heavy atom. The third kappa shape index (κ3) is 3.96. The molecule has 0 bridgehead atoms. The molecule has 4 heteroatoms. The summed E-state index contributed by atoms with van der Waals surface area (Å²) in [5.74, 6) is 0. The van der Waals surface area contributed by atoms with Crippen LogP contribution in [0.25, 0.3) is 0 Å². The van der Waals surface area contributed by atoms with Gasteiger partial charge < -0.3 is 10.6 Å². The van der Waals surface area contributed by atoms with Crippen LogP contribution < -0.4 is 10.6 Å². The van der Waals surface area contributed by atoms with Crippen LogP contribution in [-0.2, 0) is 0 Å². The number of thiocarbonyl (C=S) groups is 1. The zero-order valence-electron chi connectivity index (χ0n) is 10.4. The van der Waals surface area contributed by atoms with Crippen LogP contribution in [0.3, 0.4) is 0 Å². The van der Waals surface area contributed by atoms with Gasteiger partial charge in [0.2, 0.25) is 0 Å². The predicted molar refractivity (Wildman–Crippen MR) is 82.8 cm³/mol. The van der Waals surface area contributed by atoms with Gasteiger partial charge in [-0.1, -0.05) is 42.0 Å². The fourth-order valence-electron chi connectivity index (χ4n) is 1.87. The Balaban J connectivity index is 3.12. The van der Waals surface area contributed by atoms with Crippen molar-refractivity contribution in [2.24, 2.45) is 5.73 Å². The summed E-state index contributed by atoms with van der Waals surface area (Å²) in [7, 11) is 0. The van der Waals surface area contributed by atoms with Crippen molar-refractivity contribution in [3.8, 4) is 0 Å². The minimum Gasteiger partial charge on any atom is -0.389 e. The van der Waals surface area contributed by atoms with Crippen LogP contribution >= 0.6 is 28.1 Å². The second-order valence-electron chi connectivity index (χ2n) is 4.01. The lowest BCUT2D eigenvalue weighted by atomic mass is 10.1. The van der Waals surface area contributed by atoms with Gasteiger partial charge in [0.15, 0.2) is 0 Å². The van der Waals surface area contributed by atoms with Gasteiger partial charge in [-0.25, -0.2) is 0 Å². The highest BCUT2D eigenvalue weighted by molar-refractivity contribution is 9.10. The molecule has 1 aromatic carbocycles. The minimum absolute atomic E-state index is 0.457. The molecule has 0 aliphatic heterocycles. The normalized spacial score (nSPS) is 10.3. The highest BCUT2D eigenvalue weighted by Crippen LogP contribution is 2.25. The Morgan fingerprint density at radius 3 is 2.35 bits per heavy atom. The molecule has 0 radical (unpaired) electrons. The lowest BCUT2D eigenvalue weighted by molar-refractivity contribution is 0.744. The van der Waals surface area contributed by atoms with Crippen LogP contribution in [0.4, 0.5) is 5.69 Å². The molecule has 0 fully saturated rings. The third-order valence-electron chi connectivity index (χ3n) is 2.55. The van der Waals surface area contributed by atoms with Gasteiger partial charge in [0.1, 0.15) is 4.99 Å². The van der Waals surface area contributed by atoms with Gasteiger partial charge in [-0.15, -0.1) is 0 Å². The Morgan fingerprint density at radius 1 is 1.29 bits per heavy atom. The van der Waals surface area contributed by atoms with Crippen LogP contribution in [0.1, 0.15) is 32.3 Å². The van der Waals surface area contributed by atoms with E-state index in [0.717, 1.165) is 41.7 Å². The van der Waals surface area contributed by atoms with Crippen LogP contribution in [0.2, 0.25) is 0 Å². The van der Waals surface area contributed by atoms with E-state index >= 15 is 0 Å². The van der Waals surface area contributed by atoms with E-state index in [9.17, 15) is 0 Å². The molecular formula is C13H19BrN2S. The summed E-state index contributed by atoms with van der Waals surface area (Å²) >= 11 is 8.58. The molecule has 0 spiro atoms. The van der Waals surface area contributed by atoms with E-state index in [0.29, 0.717) is 4.99 Å². The first-order chi connectivity index (χ1) is 8.10. The second kappa shape index (κ2) is 6.97. The number of hydrogen-bond acceptors (Lipinski definition) is 2. The monoisotopic (exact) mass is 314 g/mol. The highest BCUT2D eigenvalue weighted by Gasteiger charge is 2.12. The minimum atomic E-state index is 0.457. The summed E-state index contributed by atoms with van der Waals surface area (Å²) in [5, 5.41) is 0. The Bertz CT molecular complexity index is 387. The molecule has 0 heterocycles. The Labute approximate surface area is 117 Å². The zero-order valence-corrected chi connectivity index (χ0v) is 12.8. The Hall–Kier alpha value is -0.610. The number of rotatable bonds is 6. The predicted octanol–water partition coefficient (Wildman–Crippen LogP) is 3.71. The number of nitrogens with two attached hydrogens (primary N) is 1. The number of halogens is 1. The summed E-state index contributed by atoms with van der Waals surface area (Å²) in [6, 6.07) is 6.12. The molecule has 1 rings (SSSR count). The van der Waals surface area contributed by atoms with E-state index in [1.807, 2.05) is 12.1 Å². The Kier molecular flexibility index (Phi) is 5.92. The molecule has 0 amide bonds. The quantitative estimate of drug-likeness (QED) is 0.812. The molecule has 94 valence electrons. The standard InChI is InChI=1S/C13H19BrN2S/c1-3-7-16(8-4-2)12-6-5-10(14)9-11(12)13(15)17/h5-6,9H,3-4,7-8H2,1-2H3,(H2,15,17). The largest absolute Gasteiger partial charge is 0.389 e. The van der Waals surface area contributed by atoms with Crippen molar-refractivity contribution in [1.29, 1.82) is 0 Å². The van der Waals surface area contributed by atoms with Crippen LogP contribution in [0.15, 0.2) is 22.7 Å². The maximum Gasteiger partial charge on any atom is 0.106 e. The maximum absolute atomic E-state index is 5.80. The van der Waals surface area contributed by atoms with Gasteiger partial charge >= 0.3 is 0 Å². The van der Waals surface area contributed by atoms with Crippen molar-refractivity contribution in [1.82, 2.24) is 0 Å². The van der Waals surface area contributed by atoms with Gasteiger partial charge in [0, 0.05) is 28.8 Å². The second-order valence-corrected chi connectivity index (χ2v) is 5.37. The number of benzene rings is 1. The van der Waals surface area contributed by atoms with E-state index in [4.69, 9.17) is 18.0 Å². The molecule has 0 aliphatic rings. The van der Waals surface area contributed by atoms with Crippen molar-refractivity contribution >= 4 is 38.8 Å². The van der Waals surface area contributed by atoms with E-state index < -0.39 is 0 Å². The lowest BCUT2D eigenvalue weighted by Gasteiger charge is -2.26. The molecule has 0 aromatic heterocycles. The first-order valence-electron chi connectivity index (χ1n) is 5.94. The van der Waals surface area contributed by atoms with Gasteiger partial charge in [0.05, 0.1) is 0 Å². The maximum atomic E-state index is 5.80. The molecule has 0 atom stereocenters. The lowest BCUT2D eigenvalue weighted by Crippen LogP contribution is -2.27. The third-order valence-corrected chi connectivity index (χ3v) is 3.26. The van der Waals surface area contributed by atoms with Crippen LogP contribution in [-0.4, -0.2) is 18.1 Å². The molecule has 17 heavy (non-hydrogen) atoms. The molecule has 2 nitrogen and oxygen atoms in total. The van der Waals surface area contributed by atoms with Crippen molar-refractivity contribution < 1.29 is 0 Å². The van der Waals surface area contributed by atoms with Gasteiger partial charge in [-0.05, 0) is 31.0 Å². The van der Waals surface area contributed by atoms with E-state index in [1.54, 1.807) is 0 Å². The molecule has 0 saturated carbocycles. The average molecular weight is 315 g/mol. The van der Waals surface area contributed by atoms with Crippen LogP contribution in [0, 0.1) is 0 Å². The summed E-state index contributed by atoms with van der Waals surface area (Å²) in [6.07, 6.45) is 2.24. The first-order valence-corrected chi connectivity index (χ1v) is 7.14. The van der Waals surface area contributed by atoms with Crippen molar-refractivity contribution in [2.45, 2.75) is 26.7 Å². The van der Waals surface area contributed by atoms with E-state index in [2.05, 4.69) is 40.7 Å². The SMILES string of the molecule is CCCN(CCC)c1ccc(Br)cc1C(N)=S.